The van der Waals surface area contributed by atoms with Crippen LogP contribution in [0.3, 0.4) is 0 Å². The third kappa shape index (κ3) is 1.41. The molecule has 0 amide bonds. The van der Waals surface area contributed by atoms with Gasteiger partial charge in [0.1, 0.15) is 0 Å². The summed E-state index contributed by atoms with van der Waals surface area (Å²) < 4.78 is 2.11. The Labute approximate surface area is 84.6 Å². The molecule has 2 heterocycles. The fourth-order valence-corrected chi connectivity index (χ4v) is 1.55. The van der Waals surface area contributed by atoms with Crippen molar-refractivity contribution in [3.05, 3.63) is 30.1 Å². The highest BCUT2D eigenvalue weighted by atomic mass is 14.9. The fraction of sp³-hybridized carbons (Fsp3) is 0.417. The molecule has 0 fully saturated rings. The van der Waals surface area contributed by atoms with E-state index in [1.54, 1.807) is 0 Å². The first-order valence-corrected chi connectivity index (χ1v) is 4.90. The first-order valence-electron chi connectivity index (χ1n) is 4.90. The van der Waals surface area contributed by atoms with Gasteiger partial charge >= 0.3 is 0 Å². The molecule has 2 aromatic heterocycles. The van der Waals surface area contributed by atoms with Crippen LogP contribution in [0.4, 0.5) is 0 Å². The van der Waals surface area contributed by atoms with Crippen LogP contribution in [0.2, 0.25) is 0 Å². The van der Waals surface area contributed by atoms with Crippen LogP contribution >= 0.6 is 0 Å². The number of fused-ring (bicyclic) bond motifs is 1. The maximum Gasteiger partial charge on any atom is 0.0881 e. The lowest BCUT2D eigenvalue weighted by molar-refractivity contribution is 0.588. The highest BCUT2D eigenvalue weighted by Crippen LogP contribution is 2.24. The van der Waals surface area contributed by atoms with Crippen molar-refractivity contribution >= 4 is 11.0 Å². The molecule has 0 aliphatic heterocycles. The molecule has 0 radical (unpaired) electrons. The molecule has 0 aliphatic carbocycles. The smallest absolute Gasteiger partial charge is 0.0881 e. The van der Waals surface area contributed by atoms with Gasteiger partial charge < -0.3 is 4.57 Å². The van der Waals surface area contributed by atoms with Crippen molar-refractivity contribution in [1.29, 1.82) is 0 Å². The minimum Gasteiger partial charge on any atom is -0.349 e. The SMILES string of the molecule is Cn1ccc2ncc(C(C)(C)C)cc21. The predicted octanol–water partition coefficient (Wildman–Crippen LogP) is 2.87. The molecule has 0 N–H and O–H groups in total. The van der Waals surface area contributed by atoms with Crippen molar-refractivity contribution in [1.82, 2.24) is 9.55 Å². The molecule has 14 heavy (non-hydrogen) atoms. The molecule has 0 saturated heterocycles. The Bertz CT molecular complexity index is 461. The number of pyridine rings is 1. The average molecular weight is 188 g/mol. The van der Waals surface area contributed by atoms with Crippen molar-refractivity contribution in [3.8, 4) is 0 Å². The van der Waals surface area contributed by atoms with Gasteiger partial charge in [0.2, 0.25) is 0 Å². The van der Waals surface area contributed by atoms with E-state index in [-0.39, 0.29) is 5.41 Å². The molecule has 0 bridgehead atoms. The standard InChI is InChI=1S/C12H16N2/c1-12(2,3)9-7-11-10(13-8-9)5-6-14(11)4/h5-8H,1-4H3. The molecular formula is C12H16N2. The van der Waals surface area contributed by atoms with Crippen molar-refractivity contribution in [2.45, 2.75) is 26.2 Å². The summed E-state index contributed by atoms with van der Waals surface area (Å²) >= 11 is 0. The Hall–Kier alpha value is -1.31. The van der Waals surface area contributed by atoms with Gasteiger partial charge in [-0.15, -0.1) is 0 Å². The van der Waals surface area contributed by atoms with E-state index >= 15 is 0 Å². The average Bonchev–Trinajstić information content (AvgIpc) is 2.46. The lowest BCUT2D eigenvalue weighted by Gasteiger charge is -2.18. The van der Waals surface area contributed by atoms with Crippen LogP contribution in [0.1, 0.15) is 26.3 Å². The Morgan fingerprint density at radius 1 is 1.29 bits per heavy atom. The highest BCUT2D eigenvalue weighted by molar-refractivity contribution is 5.76. The van der Waals surface area contributed by atoms with Crippen molar-refractivity contribution in [3.63, 3.8) is 0 Å². The summed E-state index contributed by atoms with van der Waals surface area (Å²) in [5.41, 5.74) is 3.73. The summed E-state index contributed by atoms with van der Waals surface area (Å²) in [4.78, 5) is 4.45. The van der Waals surface area contributed by atoms with E-state index in [1.807, 2.05) is 18.5 Å². The Balaban J connectivity index is 2.66. The Morgan fingerprint density at radius 2 is 2.00 bits per heavy atom. The van der Waals surface area contributed by atoms with Crippen LogP contribution < -0.4 is 0 Å². The molecule has 0 aromatic carbocycles. The van der Waals surface area contributed by atoms with E-state index < -0.39 is 0 Å². The summed E-state index contributed by atoms with van der Waals surface area (Å²) in [5.74, 6) is 0. The summed E-state index contributed by atoms with van der Waals surface area (Å²) in [6, 6.07) is 4.27. The Kier molecular flexibility index (Phi) is 1.88. The third-order valence-electron chi connectivity index (χ3n) is 2.60. The molecular weight excluding hydrogens is 172 g/mol. The van der Waals surface area contributed by atoms with E-state index in [4.69, 9.17) is 0 Å². The van der Waals surface area contributed by atoms with Crippen molar-refractivity contribution in [2.75, 3.05) is 0 Å². The van der Waals surface area contributed by atoms with Crippen LogP contribution in [-0.4, -0.2) is 9.55 Å². The second-order valence-electron chi connectivity index (χ2n) is 4.81. The summed E-state index contributed by atoms with van der Waals surface area (Å²) in [7, 11) is 2.05. The van der Waals surface area contributed by atoms with E-state index in [2.05, 4.69) is 43.4 Å². The van der Waals surface area contributed by atoms with E-state index in [9.17, 15) is 0 Å². The molecule has 0 unspecified atom stereocenters. The number of hydrogen-bond acceptors (Lipinski definition) is 1. The third-order valence-corrected chi connectivity index (χ3v) is 2.60. The van der Waals surface area contributed by atoms with Crippen LogP contribution in [-0.2, 0) is 12.5 Å². The lowest BCUT2D eigenvalue weighted by atomic mass is 9.88. The first-order chi connectivity index (χ1) is 6.48. The number of hydrogen-bond donors (Lipinski definition) is 0. The van der Waals surface area contributed by atoms with Crippen LogP contribution in [0, 0.1) is 0 Å². The molecule has 0 spiro atoms. The number of aromatic nitrogens is 2. The molecule has 0 aliphatic rings. The molecule has 0 atom stereocenters. The number of nitrogens with zero attached hydrogens (tertiary/aromatic N) is 2. The first kappa shape index (κ1) is 9.25. The minimum atomic E-state index is 0.172. The lowest BCUT2D eigenvalue weighted by Crippen LogP contribution is -2.11. The van der Waals surface area contributed by atoms with Crippen LogP contribution in [0.25, 0.3) is 11.0 Å². The normalized spacial score (nSPS) is 12.3. The summed E-state index contributed by atoms with van der Waals surface area (Å²) in [6.45, 7) is 6.62. The quantitative estimate of drug-likeness (QED) is 0.621. The molecule has 2 aromatic rings. The van der Waals surface area contributed by atoms with E-state index in [1.165, 1.54) is 11.1 Å². The summed E-state index contributed by atoms with van der Waals surface area (Å²) in [5, 5.41) is 0. The zero-order valence-electron chi connectivity index (χ0n) is 9.20. The maximum atomic E-state index is 4.45. The second kappa shape index (κ2) is 2.84. The molecule has 74 valence electrons. The maximum absolute atomic E-state index is 4.45. The van der Waals surface area contributed by atoms with Gasteiger partial charge in [-0.25, -0.2) is 0 Å². The largest absolute Gasteiger partial charge is 0.349 e. The summed E-state index contributed by atoms with van der Waals surface area (Å²) in [6.07, 6.45) is 4.02. The zero-order valence-corrected chi connectivity index (χ0v) is 9.20. The van der Waals surface area contributed by atoms with Crippen molar-refractivity contribution in [2.24, 2.45) is 7.05 Å². The molecule has 2 heteroatoms. The van der Waals surface area contributed by atoms with Crippen molar-refractivity contribution < 1.29 is 0 Å². The molecule has 0 saturated carbocycles. The van der Waals surface area contributed by atoms with E-state index in [0.717, 1.165) is 5.52 Å². The van der Waals surface area contributed by atoms with Gasteiger partial charge in [0.05, 0.1) is 11.0 Å². The van der Waals surface area contributed by atoms with Gasteiger partial charge in [-0.05, 0) is 23.1 Å². The monoisotopic (exact) mass is 188 g/mol. The number of aryl methyl sites for hydroxylation is 1. The van der Waals surface area contributed by atoms with Gasteiger partial charge in [-0.2, -0.15) is 0 Å². The molecule has 2 nitrogen and oxygen atoms in total. The second-order valence-corrected chi connectivity index (χ2v) is 4.81. The van der Waals surface area contributed by atoms with Gasteiger partial charge in [-0.3, -0.25) is 4.98 Å². The van der Waals surface area contributed by atoms with E-state index in [0.29, 0.717) is 0 Å². The van der Waals surface area contributed by atoms with Gasteiger partial charge in [0.25, 0.3) is 0 Å². The van der Waals surface area contributed by atoms with Gasteiger partial charge in [-0.1, -0.05) is 20.8 Å². The number of rotatable bonds is 0. The predicted molar refractivity (Wildman–Crippen MR) is 59.4 cm³/mol. The zero-order chi connectivity index (χ0) is 10.3. The topological polar surface area (TPSA) is 17.8 Å². The highest BCUT2D eigenvalue weighted by Gasteiger charge is 2.14. The van der Waals surface area contributed by atoms with Gasteiger partial charge in [0.15, 0.2) is 0 Å². The Morgan fingerprint density at radius 3 is 2.64 bits per heavy atom. The van der Waals surface area contributed by atoms with Crippen LogP contribution in [0.15, 0.2) is 24.5 Å². The minimum absolute atomic E-state index is 0.172. The molecule has 2 rings (SSSR count). The van der Waals surface area contributed by atoms with Gasteiger partial charge in [0, 0.05) is 19.4 Å². The van der Waals surface area contributed by atoms with Crippen LogP contribution in [0.5, 0.6) is 0 Å². The fourth-order valence-electron chi connectivity index (χ4n) is 1.55.